The zero-order valence-electron chi connectivity index (χ0n) is 13.6. The molecule has 0 aliphatic heterocycles. The van der Waals surface area contributed by atoms with E-state index in [0.29, 0.717) is 12.8 Å². The van der Waals surface area contributed by atoms with Crippen molar-refractivity contribution in [2.24, 2.45) is 11.8 Å². The van der Waals surface area contributed by atoms with Gasteiger partial charge >= 0.3 is 0 Å². The van der Waals surface area contributed by atoms with Crippen molar-refractivity contribution in [2.75, 3.05) is 0 Å². The summed E-state index contributed by atoms with van der Waals surface area (Å²) in [5.74, 6) is 1.46. The third kappa shape index (κ3) is 6.32. The molecule has 0 N–H and O–H groups in total. The number of Topliss-reactive ketones (excluding diaryl/α,β-unsaturated/α-hetero) is 2. The van der Waals surface area contributed by atoms with Gasteiger partial charge in [0.1, 0.15) is 0 Å². The SMILES string of the molecule is O=C(CCCC1CCCCC1)C(=O)CCCC1CCCC1. The van der Waals surface area contributed by atoms with E-state index in [0.717, 1.165) is 37.5 Å². The topological polar surface area (TPSA) is 34.1 Å². The van der Waals surface area contributed by atoms with Crippen LogP contribution in [0.3, 0.4) is 0 Å². The molecule has 0 atom stereocenters. The molecule has 0 aromatic heterocycles. The maximum atomic E-state index is 11.9. The first kappa shape index (κ1) is 16.7. The lowest BCUT2D eigenvalue weighted by Crippen LogP contribution is -2.14. The molecule has 2 heteroatoms. The van der Waals surface area contributed by atoms with Crippen LogP contribution in [-0.4, -0.2) is 11.6 Å². The van der Waals surface area contributed by atoms with E-state index in [1.165, 1.54) is 57.8 Å². The fourth-order valence-electron chi connectivity index (χ4n) is 4.16. The molecule has 2 rings (SSSR count). The van der Waals surface area contributed by atoms with Gasteiger partial charge in [-0.2, -0.15) is 0 Å². The molecule has 2 aliphatic carbocycles. The van der Waals surface area contributed by atoms with E-state index >= 15 is 0 Å². The Bertz CT molecular complexity index is 322. The molecule has 0 heterocycles. The predicted octanol–water partition coefficient (Wildman–Crippen LogP) is 5.24. The summed E-state index contributed by atoms with van der Waals surface area (Å²) in [6, 6.07) is 0. The lowest BCUT2D eigenvalue weighted by atomic mass is 9.85. The fraction of sp³-hybridized carbons (Fsp3) is 0.895. The third-order valence-corrected chi connectivity index (χ3v) is 5.54. The molecule has 0 unspecified atom stereocenters. The van der Waals surface area contributed by atoms with Crippen molar-refractivity contribution in [1.29, 1.82) is 0 Å². The van der Waals surface area contributed by atoms with Crippen LogP contribution >= 0.6 is 0 Å². The summed E-state index contributed by atoms with van der Waals surface area (Å²) in [5.41, 5.74) is 0. The van der Waals surface area contributed by atoms with Gasteiger partial charge in [-0.05, 0) is 24.7 Å². The van der Waals surface area contributed by atoms with Gasteiger partial charge in [0.05, 0.1) is 0 Å². The average Bonchev–Trinajstić information content (AvgIpc) is 3.01. The normalized spacial score (nSPS) is 20.8. The summed E-state index contributed by atoms with van der Waals surface area (Å²) in [5, 5.41) is 0. The van der Waals surface area contributed by atoms with Gasteiger partial charge in [0.2, 0.25) is 0 Å². The van der Waals surface area contributed by atoms with Crippen LogP contribution in [0.1, 0.15) is 96.3 Å². The predicted molar refractivity (Wildman–Crippen MR) is 86.2 cm³/mol. The van der Waals surface area contributed by atoms with Gasteiger partial charge in [-0.1, -0.05) is 70.6 Å². The molecule has 0 radical (unpaired) electrons. The molecular weight excluding hydrogens is 260 g/mol. The summed E-state index contributed by atoms with van der Waals surface area (Å²) in [6.07, 6.45) is 17.3. The van der Waals surface area contributed by atoms with Gasteiger partial charge in [0.25, 0.3) is 0 Å². The van der Waals surface area contributed by atoms with Gasteiger partial charge in [-0.25, -0.2) is 0 Å². The Balaban J connectivity index is 1.51. The Kier molecular flexibility index (Phi) is 7.46. The first-order valence-corrected chi connectivity index (χ1v) is 9.31. The lowest BCUT2D eigenvalue weighted by Gasteiger charge is -2.20. The Morgan fingerprint density at radius 2 is 1.00 bits per heavy atom. The van der Waals surface area contributed by atoms with E-state index in [1.807, 2.05) is 0 Å². The van der Waals surface area contributed by atoms with Crippen molar-refractivity contribution < 1.29 is 9.59 Å². The molecule has 0 aromatic carbocycles. The average molecular weight is 292 g/mol. The largest absolute Gasteiger partial charge is 0.291 e. The van der Waals surface area contributed by atoms with Gasteiger partial charge in [0.15, 0.2) is 11.6 Å². The lowest BCUT2D eigenvalue weighted by molar-refractivity contribution is -0.136. The van der Waals surface area contributed by atoms with Gasteiger partial charge in [-0.15, -0.1) is 0 Å². The van der Waals surface area contributed by atoms with Crippen LogP contribution in [0.15, 0.2) is 0 Å². The van der Waals surface area contributed by atoms with Crippen molar-refractivity contribution in [1.82, 2.24) is 0 Å². The van der Waals surface area contributed by atoms with E-state index < -0.39 is 0 Å². The van der Waals surface area contributed by atoms with E-state index in [2.05, 4.69) is 0 Å². The van der Waals surface area contributed by atoms with Crippen molar-refractivity contribution in [3.8, 4) is 0 Å². The van der Waals surface area contributed by atoms with Crippen LogP contribution in [0.2, 0.25) is 0 Å². The zero-order chi connectivity index (χ0) is 14.9. The molecule has 2 nitrogen and oxygen atoms in total. The Labute approximate surface area is 130 Å². The molecule has 21 heavy (non-hydrogen) atoms. The van der Waals surface area contributed by atoms with Crippen molar-refractivity contribution in [3.63, 3.8) is 0 Å². The Morgan fingerprint density at radius 1 is 0.619 bits per heavy atom. The van der Waals surface area contributed by atoms with E-state index in [-0.39, 0.29) is 11.6 Å². The van der Waals surface area contributed by atoms with Crippen molar-refractivity contribution >= 4 is 11.6 Å². The standard InChI is InChI=1S/C19H32O2/c20-18(14-6-12-16-8-2-1-3-9-16)19(21)15-7-13-17-10-4-5-11-17/h16-17H,1-15H2. The summed E-state index contributed by atoms with van der Waals surface area (Å²) >= 11 is 0. The first-order chi connectivity index (χ1) is 10.3. The van der Waals surface area contributed by atoms with Crippen molar-refractivity contribution in [2.45, 2.75) is 96.3 Å². The quantitative estimate of drug-likeness (QED) is 0.545. The molecule has 0 saturated heterocycles. The van der Waals surface area contributed by atoms with Crippen LogP contribution in [0.5, 0.6) is 0 Å². The summed E-state index contributed by atoms with van der Waals surface area (Å²) in [7, 11) is 0. The van der Waals surface area contributed by atoms with E-state index in [9.17, 15) is 9.59 Å². The highest BCUT2D eigenvalue weighted by Crippen LogP contribution is 2.29. The van der Waals surface area contributed by atoms with Gasteiger partial charge in [0, 0.05) is 12.8 Å². The minimum Gasteiger partial charge on any atom is -0.291 e. The van der Waals surface area contributed by atoms with Crippen LogP contribution in [0.25, 0.3) is 0 Å². The number of ketones is 2. The maximum absolute atomic E-state index is 11.9. The number of carbonyl (C=O) groups excluding carboxylic acids is 2. The molecule has 0 spiro atoms. The number of rotatable bonds is 9. The Hall–Kier alpha value is -0.660. The summed E-state index contributed by atoms with van der Waals surface area (Å²) in [4.78, 5) is 23.7. The Morgan fingerprint density at radius 3 is 1.43 bits per heavy atom. The number of hydrogen-bond acceptors (Lipinski definition) is 2. The molecular formula is C19H32O2. The second kappa shape index (κ2) is 9.38. The maximum Gasteiger partial charge on any atom is 0.198 e. The van der Waals surface area contributed by atoms with Crippen LogP contribution in [-0.2, 0) is 9.59 Å². The minimum absolute atomic E-state index is 0.0998. The fourth-order valence-corrected chi connectivity index (χ4v) is 4.16. The third-order valence-electron chi connectivity index (χ3n) is 5.54. The van der Waals surface area contributed by atoms with Crippen LogP contribution < -0.4 is 0 Å². The smallest absolute Gasteiger partial charge is 0.198 e. The number of carbonyl (C=O) groups is 2. The molecule has 0 bridgehead atoms. The molecule has 2 fully saturated rings. The summed E-state index contributed by atoms with van der Waals surface area (Å²) < 4.78 is 0. The highest BCUT2D eigenvalue weighted by molar-refractivity contribution is 6.37. The zero-order valence-corrected chi connectivity index (χ0v) is 13.6. The summed E-state index contributed by atoms with van der Waals surface area (Å²) in [6.45, 7) is 0. The van der Waals surface area contributed by atoms with Crippen LogP contribution in [0, 0.1) is 11.8 Å². The molecule has 0 amide bonds. The molecule has 0 aromatic rings. The van der Waals surface area contributed by atoms with Crippen LogP contribution in [0.4, 0.5) is 0 Å². The highest BCUT2D eigenvalue weighted by atomic mass is 16.2. The number of hydrogen-bond donors (Lipinski definition) is 0. The van der Waals surface area contributed by atoms with E-state index in [1.54, 1.807) is 0 Å². The van der Waals surface area contributed by atoms with Gasteiger partial charge in [-0.3, -0.25) is 9.59 Å². The molecule has 2 aliphatic rings. The second-order valence-corrected chi connectivity index (χ2v) is 7.29. The van der Waals surface area contributed by atoms with Crippen molar-refractivity contribution in [3.05, 3.63) is 0 Å². The van der Waals surface area contributed by atoms with E-state index in [4.69, 9.17) is 0 Å². The monoisotopic (exact) mass is 292 g/mol. The molecule has 2 saturated carbocycles. The second-order valence-electron chi connectivity index (χ2n) is 7.29. The van der Waals surface area contributed by atoms with Gasteiger partial charge < -0.3 is 0 Å². The first-order valence-electron chi connectivity index (χ1n) is 9.31. The minimum atomic E-state index is -0.100. The molecule has 120 valence electrons. The highest BCUT2D eigenvalue weighted by Gasteiger charge is 2.18.